The molecular weight excluding hydrogens is 567 g/mol. The van der Waals surface area contributed by atoms with Crippen molar-refractivity contribution in [1.82, 2.24) is 0 Å². The van der Waals surface area contributed by atoms with Crippen molar-refractivity contribution < 1.29 is 22.7 Å². The van der Waals surface area contributed by atoms with Crippen molar-refractivity contribution in [3.8, 4) is 5.75 Å². The smallest absolute Gasteiger partial charge is 0.243 e. The number of hydrogen-bond acceptors (Lipinski definition) is 6. The number of rotatable bonds is 10. The number of methoxy groups -OCH3 is 1. The standard InChI is InChI=1S/C23H21BrCl2N2O5S/c1-32-11-12-33-19-13-18(27-14-20(29)28-16-9-7-15(24)8-10-16)21(25)23(22(19)26)34(30,31)17-5-3-2-4-6-17/h2-10,13,27H,11-12,14H2,1H3,(H,28,29). The van der Waals surface area contributed by atoms with Crippen LogP contribution in [0.25, 0.3) is 0 Å². The molecule has 0 fully saturated rings. The molecule has 7 nitrogen and oxygen atoms in total. The Morgan fingerprint density at radius 2 is 1.68 bits per heavy atom. The predicted octanol–water partition coefficient (Wildman–Crippen LogP) is 5.66. The molecule has 0 unspecified atom stereocenters. The molecule has 0 radical (unpaired) electrons. The Morgan fingerprint density at radius 1 is 1.00 bits per heavy atom. The molecule has 3 aromatic rings. The highest BCUT2D eigenvalue weighted by atomic mass is 79.9. The summed E-state index contributed by atoms with van der Waals surface area (Å²) in [5, 5.41) is 5.31. The maximum Gasteiger partial charge on any atom is 0.243 e. The second-order valence-electron chi connectivity index (χ2n) is 6.95. The first-order valence-corrected chi connectivity index (χ1v) is 13.0. The van der Waals surface area contributed by atoms with Crippen LogP contribution in [0.1, 0.15) is 0 Å². The SMILES string of the molecule is COCCOc1cc(NCC(=O)Nc2ccc(Br)cc2)c(Cl)c(S(=O)(=O)c2ccccc2)c1Cl. The highest BCUT2D eigenvalue weighted by molar-refractivity contribution is 9.10. The highest BCUT2D eigenvalue weighted by Gasteiger charge is 2.29. The predicted molar refractivity (Wildman–Crippen MR) is 137 cm³/mol. The topological polar surface area (TPSA) is 93.7 Å². The van der Waals surface area contributed by atoms with Gasteiger partial charge < -0.3 is 20.1 Å². The minimum atomic E-state index is -4.09. The fourth-order valence-electron chi connectivity index (χ4n) is 2.92. The van der Waals surface area contributed by atoms with Gasteiger partial charge in [0.25, 0.3) is 0 Å². The third-order valence-electron chi connectivity index (χ3n) is 4.56. The molecule has 0 aromatic heterocycles. The summed E-state index contributed by atoms with van der Waals surface area (Å²) < 4.78 is 38.2. The summed E-state index contributed by atoms with van der Waals surface area (Å²) in [6.07, 6.45) is 0. The monoisotopic (exact) mass is 586 g/mol. The van der Waals surface area contributed by atoms with Crippen molar-refractivity contribution in [2.45, 2.75) is 9.79 Å². The first-order valence-electron chi connectivity index (χ1n) is 9.97. The van der Waals surface area contributed by atoms with E-state index in [0.29, 0.717) is 5.69 Å². The van der Waals surface area contributed by atoms with Crippen LogP contribution < -0.4 is 15.4 Å². The van der Waals surface area contributed by atoms with Gasteiger partial charge in [-0.15, -0.1) is 0 Å². The van der Waals surface area contributed by atoms with E-state index in [1.54, 1.807) is 42.5 Å². The minimum Gasteiger partial charge on any atom is -0.489 e. The molecule has 0 aliphatic heterocycles. The number of carbonyl (C=O) groups excluding carboxylic acids is 1. The summed E-state index contributed by atoms with van der Waals surface area (Å²) >= 11 is 16.3. The summed E-state index contributed by atoms with van der Waals surface area (Å²) in [4.78, 5) is 12.1. The first-order chi connectivity index (χ1) is 16.2. The quantitative estimate of drug-likeness (QED) is 0.297. The summed E-state index contributed by atoms with van der Waals surface area (Å²) in [5.74, 6) is -0.268. The van der Waals surface area contributed by atoms with Crippen LogP contribution in [-0.4, -0.2) is 41.2 Å². The maximum atomic E-state index is 13.4. The molecule has 180 valence electrons. The lowest BCUT2D eigenvalue weighted by Crippen LogP contribution is -2.22. The molecule has 11 heteroatoms. The van der Waals surface area contributed by atoms with E-state index >= 15 is 0 Å². The number of anilines is 2. The molecule has 0 aliphatic rings. The number of ether oxygens (including phenoxy) is 2. The lowest BCUT2D eigenvalue weighted by molar-refractivity contribution is -0.114. The largest absolute Gasteiger partial charge is 0.489 e. The molecule has 3 rings (SSSR count). The Balaban J connectivity index is 1.93. The van der Waals surface area contributed by atoms with E-state index < -0.39 is 9.84 Å². The van der Waals surface area contributed by atoms with Crippen LogP contribution in [-0.2, 0) is 19.4 Å². The van der Waals surface area contributed by atoms with E-state index in [-0.39, 0.29) is 56.9 Å². The number of carbonyl (C=O) groups is 1. The van der Waals surface area contributed by atoms with Gasteiger partial charge in [0, 0.05) is 23.3 Å². The van der Waals surface area contributed by atoms with Crippen molar-refractivity contribution in [1.29, 1.82) is 0 Å². The molecule has 0 saturated heterocycles. The normalized spacial score (nSPS) is 11.2. The van der Waals surface area contributed by atoms with Gasteiger partial charge in [-0.1, -0.05) is 57.3 Å². The van der Waals surface area contributed by atoms with Crippen molar-refractivity contribution in [2.24, 2.45) is 0 Å². The zero-order chi connectivity index (χ0) is 24.7. The summed E-state index contributed by atoms with van der Waals surface area (Å²) in [6, 6.07) is 16.3. The van der Waals surface area contributed by atoms with Gasteiger partial charge in [0.15, 0.2) is 0 Å². The molecule has 0 bridgehead atoms. The highest BCUT2D eigenvalue weighted by Crippen LogP contribution is 2.44. The Labute approximate surface area is 216 Å². The number of hydrogen-bond donors (Lipinski definition) is 2. The molecule has 34 heavy (non-hydrogen) atoms. The fourth-order valence-corrected chi connectivity index (χ4v) is 5.70. The second kappa shape index (κ2) is 11.9. The molecule has 0 heterocycles. The van der Waals surface area contributed by atoms with Crippen molar-refractivity contribution in [2.75, 3.05) is 37.5 Å². The van der Waals surface area contributed by atoms with E-state index in [0.717, 1.165) is 4.47 Å². The van der Waals surface area contributed by atoms with Crippen molar-refractivity contribution in [3.05, 3.63) is 75.2 Å². The average molecular weight is 588 g/mol. The Kier molecular flexibility index (Phi) is 9.21. The van der Waals surface area contributed by atoms with E-state index in [1.165, 1.54) is 25.3 Å². The third kappa shape index (κ3) is 6.43. The zero-order valence-electron chi connectivity index (χ0n) is 18.0. The van der Waals surface area contributed by atoms with E-state index in [2.05, 4.69) is 26.6 Å². The minimum absolute atomic E-state index is 0.0202. The van der Waals surface area contributed by atoms with E-state index in [9.17, 15) is 13.2 Å². The number of benzene rings is 3. The van der Waals surface area contributed by atoms with Crippen molar-refractivity contribution >= 4 is 66.3 Å². The van der Waals surface area contributed by atoms with Crippen LogP contribution in [0.2, 0.25) is 10.0 Å². The average Bonchev–Trinajstić information content (AvgIpc) is 2.82. The molecule has 2 N–H and O–H groups in total. The summed E-state index contributed by atoms with van der Waals surface area (Å²) in [6.45, 7) is 0.212. The van der Waals surface area contributed by atoms with Crippen LogP contribution >= 0.6 is 39.1 Å². The van der Waals surface area contributed by atoms with Crippen molar-refractivity contribution in [3.63, 3.8) is 0 Å². The van der Waals surface area contributed by atoms with Crippen LogP contribution in [0.3, 0.4) is 0 Å². The van der Waals surface area contributed by atoms with Gasteiger partial charge in [-0.2, -0.15) is 0 Å². The Morgan fingerprint density at radius 3 is 2.32 bits per heavy atom. The molecule has 1 amide bonds. The molecular formula is C23H21BrCl2N2O5S. The zero-order valence-corrected chi connectivity index (χ0v) is 21.9. The van der Waals surface area contributed by atoms with Gasteiger partial charge >= 0.3 is 0 Å². The molecule has 0 saturated carbocycles. The molecule has 0 atom stereocenters. The van der Waals surface area contributed by atoms with Crippen LogP contribution in [0.5, 0.6) is 5.75 Å². The Bertz CT molecular complexity index is 1260. The van der Waals surface area contributed by atoms with Gasteiger partial charge in [0.05, 0.1) is 28.8 Å². The van der Waals surface area contributed by atoms with Gasteiger partial charge in [0.1, 0.15) is 22.3 Å². The lowest BCUT2D eigenvalue weighted by atomic mass is 10.3. The maximum absolute atomic E-state index is 13.4. The van der Waals surface area contributed by atoms with E-state index in [4.69, 9.17) is 32.7 Å². The third-order valence-corrected chi connectivity index (χ3v) is 7.92. The Hall–Kier alpha value is -2.30. The van der Waals surface area contributed by atoms with Gasteiger partial charge in [-0.25, -0.2) is 8.42 Å². The number of amides is 1. The summed E-state index contributed by atoms with van der Waals surface area (Å²) in [7, 11) is -2.58. The van der Waals surface area contributed by atoms with Gasteiger partial charge in [0.2, 0.25) is 15.7 Å². The van der Waals surface area contributed by atoms with Crippen LogP contribution in [0.15, 0.2) is 74.9 Å². The molecule has 0 spiro atoms. The molecule has 3 aromatic carbocycles. The number of nitrogens with one attached hydrogen (secondary N) is 2. The fraction of sp³-hybridized carbons (Fsp3) is 0.174. The number of sulfone groups is 1. The first kappa shape index (κ1) is 26.3. The van der Waals surface area contributed by atoms with Crippen LogP contribution in [0.4, 0.5) is 11.4 Å². The van der Waals surface area contributed by atoms with Gasteiger partial charge in [-0.05, 0) is 36.4 Å². The second-order valence-corrected chi connectivity index (χ2v) is 10.5. The summed E-state index contributed by atoms with van der Waals surface area (Å²) in [5.41, 5.74) is 0.784. The number of halogens is 3. The van der Waals surface area contributed by atoms with E-state index in [1.807, 2.05) is 0 Å². The van der Waals surface area contributed by atoms with Crippen LogP contribution in [0, 0.1) is 0 Å². The molecule has 0 aliphatic carbocycles. The van der Waals surface area contributed by atoms with Gasteiger partial charge in [-0.3, -0.25) is 4.79 Å². The lowest BCUT2D eigenvalue weighted by Gasteiger charge is -2.18.